The van der Waals surface area contributed by atoms with Crippen LogP contribution in [0.2, 0.25) is 0 Å². The van der Waals surface area contributed by atoms with Crippen LogP contribution < -0.4 is 4.90 Å². The molecule has 0 N–H and O–H groups in total. The Bertz CT molecular complexity index is 776. The molecule has 0 aromatic heterocycles. The molecule has 6 heteroatoms. The molecular formula is C15H8Br2FNO2. The molecule has 0 spiro atoms. The predicted octanol–water partition coefficient (Wildman–Crippen LogP) is 4.08. The van der Waals surface area contributed by atoms with Crippen molar-refractivity contribution in [3.8, 4) is 0 Å². The Labute approximate surface area is 137 Å². The molecule has 21 heavy (non-hydrogen) atoms. The van der Waals surface area contributed by atoms with E-state index in [1.807, 2.05) is 0 Å². The van der Waals surface area contributed by atoms with E-state index in [0.717, 1.165) is 0 Å². The molecule has 0 saturated carbocycles. The van der Waals surface area contributed by atoms with Crippen LogP contribution in [0.25, 0.3) is 0 Å². The molecule has 1 heterocycles. The summed E-state index contributed by atoms with van der Waals surface area (Å²) in [6.07, 6.45) is 0. The van der Waals surface area contributed by atoms with Crippen molar-refractivity contribution in [1.82, 2.24) is 0 Å². The van der Waals surface area contributed by atoms with Crippen LogP contribution in [0.15, 0.2) is 45.3 Å². The number of carbonyl (C=O) groups is 2. The van der Waals surface area contributed by atoms with Crippen LogP contribution >= 0.6 is 31.9 Å². The third-order valence-corrected chi connectivity index (χ3v) is 4.45. The molecule has 0 radical (unpaired) electrons. The zero-order valence-corrected chi connectivity index (χ0v) is 13.7. The van der Waals surface area contributed by atoms with Crippen molar-refractivity contribution >= 4 is 49.2 Å². The fraction of sp³-hybridized carbons (Fsp3) is 0.0667. The van der Waals surface area contributed by atoms with Gasteiger partial charge in [-0.25, -0.2) is 4.39 Å². The summed E-state index contributed by atoms with van der Waals surface area (Å²) in [4.78, 5) is 25.5. The van der Waals surface area contributed by atoms with Crippen molar-refractivity contribution in [3.05, 3.63) is 62.3 Å². The topological polar surface area (TPSA) is 37.4 Å². The number of carbonyl (C=O) groups excluding carboxylic acids is 2. The molecule has 3 rings (SSSR count). The van der Waals surface area contributed by atoms with Crippen LogP contribution in [-0.4, -0.2) is 11.7 Å². The molecule has 0 fully saturated rings. The van der Waals surface area contributed by atoms with Gasteiger partial charge in [0.2, 0.25) is 0 Å². The number of nitrogens with zero attached hydrogens (tertiary/aromatic N) is 1. The fourth-order valence-corrected chi connectivity index (χ4v) is 3.15. The largest absolute Gasteiger partial charge is 0.300 e. The van der Waals surface area contributed by atoms with Gasteiger partial charge in [-0.05, 0) is 40.2 Å². The Kier molecular flexibility index (Phi) is 3.67. The molecule has 2 aromatic rings. The van der Waals surface area contributed by atoms with Crippen molar-refractivity contribution in [2.24, 2.45) is 0 Å². The zero-order valence-electron chi connectivity index (χ0n) is 10.6. The molecule has 106 valence electrons. The molecule has 1 aliphatic heterocycles. The van der Waals surface area contributed by atoms with Crippen LogP contribution in [0.4, 0.5) is 10.1 Å². The second kappa shape index (κ2) is 5.35. The number of rotatable bonds is 2. The van der Waals surface area contributed by atoms with Crippen LogP contribution in [0, 0.1) is 5.82 Å². The maximum absolute atomic E-state index is 13.9. The molecule has 0 bridgehead atoms. The van der Waals surface area contributed by atoms with Crippen molar-refractivity contribution in [2.75, 3.05) is 4.90 Å². The van der Waals surface area contributed by atoms with Gasteiger partial charge in [0.25, 0.3) is 11.7 Å². The predicted molar refractivity (Wildman–Crippen MR) is 83.8 cm³/mol. The third-order valence-electron chi connectivity index (χ3n) is 3.29. The summed E-state index contributed by atoms with van der Waals surface area (Å²) in [5.74, 6) is -1.64. The van der Waals surface area contributed by atoms with Crippen LogP contribution in [-0.2, 0) is 11.3 Å². The standard InChI is InChI=1S/C15H8Br2FNO2/c16-9-5-4-8(11(18)6-9)7-19-12-3-1-2-10(17)13(12)14(20)15(19)21/h1-6H,7H2. The van der Waals surface area contributed by atoms with Crippen LogP contribution in [0.5, 0.6) is 0 Å². The lowest BCUT2D eigenvalue weighted by atomic mass is 10.1. The second-order valence-corrected chi connectivity index (χ2v) is 6.36. The van der Waals surface area contributed by atoms with Crippen molar-refractivity contribution in [2.45, 2.75) is 6.54 Å². The van der Waals surface area contributed by atoms with Gasteiger partial charge in [-0.3, -0.25) is 9.59 Å². The van der Waals surface area contributed by atoms with E-state index in [2.05, 4.69) is 31.9 Å². The molecule has 0 atom stereocenters. The summed E-state index contributed by atoms with van der Waals surface area (Å²) < 4.78 is 15.1. The molecule has 0 aliphatic carbocycles. The van der Waals surface area contributed by atoms with Crippen molar-refractivity contribution < 1.29 is 14.0 Å². The Balaban J connectivity index is 2.03. The normalized spacial score (nSPS) is 13.8. The minimum absolute atomic E-state index is 0.0210. The van der Waals surface area contributed by atoms with Crippen molar-refractivity contribution in [3.63, 3.8) is 0 Å². The molecule has 0 unspecified atom stereocenters. The first-order chi connectivity index (χ1) is 9.99. The SMILES string of the molecule is O=C1C(=O)N(Cc2ccc(Br)cc2F)c2cccc(Br)c21. The highest BCUT2D eigenvalue weighted by molar-refractivity contribution is 9.10. The minimum atomic E-state index is -0.640. The maximum atomic E-state index is 13.9. The zero-order chi connectivity index (χ0) is 15.1. The van der Waals surface area contributed by atoms with E-state index in [9.17, 15) is 14.0 Å². The van der Waals surface area contributed by atoms with E-state index in [1.165, 1.54) is 11.0 Å². The Hall–Kier alpha value is -1.53. The van der Waals surface area contributed by atoms with Crippen molar-refractivity contribution in [1.29, 1.82) is 0 Å². The molecule has 2 aromatic carbocycles. The summed E-state index contributed by atoms with van der Waals surface area (Å²) in [5.41, 5.74) is 1.19. The van der Waals surface area contributed by atoms with Gasteiger partial charge < -0.3 is 4.90 Å². The van der Waals surface area contributed by atoms with Gasteiger partial charge in [-0.15, -0.1) is 0 Å². The van der Waals surface area contributed by atoms with Gasteiger partial charge in [0.15, 0.2) is 0 Å². The molecule has 3 nitrogen and oxygen atoms in total. The van der Waals surface area contributed by atoms with Gasteiger partial charge in [0, 0.05) is 14.5 Å². The van der Waals surface area contributed by atoms with Gasteiger partial charge in [-0.2, -0.15) is 0 Å². The highest BCUT2D eigenvalue weighted by Crippen LogP contribution is 2.35. The molecule has 0 saturated heterocycles. The summed E-state index contributed by atoms with van der Waals surface area (Å²) >= 11 is 6.46. The number of hydrogen-bond donors (Lipinski definition) is 0. The van der Waals surface area contributed by atoms with Gasteiger partial charge in [0.1, 0.15) is 5.82 Å². The van der Waals surface area contributed by atoms with Gasteiger partial charge in [0.05, 0.1) is 17.8 Å². The summed E-state index contributed by atoms with van der Waals surface area (Å²) in [6.45, 7) is 0.0210. The third kappa shape index (κ3) is 2.42. The quantitative estimate of drug-likeness (QED) is 0.697. The fourth-order valence-electron chi connectivity index (χ4n) is 2.28. The highest BCUT2D eigenvalue weighted by Gasteiger charge is 2.37. The molecule has 1 amide bonds. The van der Waals surface area contributed by atoms with E-state index in [-0.39, 0.29) is 6.54 Å². The number of amides is 1. The summed E-state index contributed by atoms with van der Waals surface area (Å²) in [6, 6.07) is 9.74. The summed E-state index contributed by atoms with van der Waals surface area (Å²) in [7, 11) is 0. The monoisotopic (exact) mass is 411 g/mol. The highest BCUT2D eigenvalue weighted by atomic mass is 79.9. The number of fused-ring (bicyclic) bond motifs is 1. The van der Waals surface area contributed by atoms with E-state index in [1.54, 1.807) is 30.3 Å². The number of ketones is 1. The van der Waals surface area contributed by atoms with E-state index < -0.39 is 17.5 Å². The first-order valence-corrected chi connectivity index (χ1v) is 7.66. The smallest absolute Gasteiger partial charge is 0.299 e. The van der Waals surface area contributed by atoms with Gasteiger partial charge >= 0.3 is 0 Å². The maximum Gasteiger partial charge on any atom is 0.299 e. The molecular weight excluding hydrogens is 405 g/mol. The molecule has 1 aliphatic rings. The number of benzene rings is 2. The number of Topliss-reactive ketones (excluding diaryl/α,β-unsaturated/α-hetero) is 1. The van der Waals surface area contributed by atoms with Crippen LogP contribution in [0.1, 0.15) is 15.9 Å². The van der Waals surface area contributed by atoms with Crippen LogP contribution in [0.3, 0.4) is 0 Å². The lowest BCUT2D eigenvalue weighted by Gasteiger charge is -2.17. The minimum Gasteiger partial charge on any atom is -0.300 e. The van der Waals surface area contributed by atoms with E-state index >= 15 is 0 Å². The van der Waals surface area contributed by atoms with E-state index in [4.69, 9.17) is 0 Å². The average Bonchev–Trinajstić information content (AvgIpc) is 2.68. The first kappa shape index (κ1) is 14.4. The Morgan fingerprint density at radius 2 is 1.86 bits per heavy atom. The average molecular weight is 413 g/mol. The Morgan fingerprint density at radius 1 is 1.10 bits per heavy atom. The van der Waals surface area contributed by atoms with Gasteiger partial charge in [-0.1, -0.05) is 28.1 Å². The summed E-state index contributed by atoms with van der Waals surface area (Å²) in [5, 5.41) is 0. The number of hydrogen-bond acceptors (Lipinski definition) is 2. The number of halogens is 3. The lowest BCUT2D eigenvalue weighted by Crippen LogP contribution is -2.29. The lowest BCUT2D eigenvalue weighted by molar-refractivity contribution is -0.114. The number of anilines is 1. The first-order valence-electron chi connectivity index (χ1n) is 6.07. The van der Waals surface area contributed by atoms with E-state index in [0.29, 0.717) is 25.8 Å². The Morgan fingerprint density at radius 3 is 2.57 bits per heavy atom. The second-order valence-electron chi connectivity index (χ2n) is 4.59.